The minimum absolute atomic E-state index is 0.621. The van der Waals surface area contributed by atoms with Crippen LogP contribution in [-0.4, -0.2) is 19.5 Å². The van der Waals surface area contributed by atoms with Crippen LogP contribution in [0.3, 0.4) is 0 Å². The highest BCUT2D eigenvalue weighted by molar-refractivity contribution is 8.28. The Kier molecular flexibility index (Phi) is 3.55. The maximum absolute atomic E-state index is 4.49. The molecule has 1 fully saturated rings. The van der Waals surface area contributed by atoms with Crippen LogP contribution in [0.2, 0.25) is 19.6 Å². The van der Waals surface area contributed by atoms with E-state index in [1.165, 1.54) is 23.3 Å². The summed E-state index contributed by atoms with van der Waals surface area (Å²) in [7, 11) is -1.06. The van der Waals surface area contributed by atoms with Gasteiger partial charge in [0.2, 0.25) is 0 Å². The second-order valence-corrected chi connectivity index (χ2v) is 14.5. The third-order valence-corrected chi connectivity index (χ3v) is 5.95. The van der Waals surface area contributed by atoms with E-state index in [0.29, 0.717) is 6.04 Å². The van der Waals surface area contributed by atoms with Gasteiger partial charge in [0.25, 0.3) is 0 Å². The van der Waals surface area contributed by atoms with Crippen LogP contribution in [0.15, 0.2) is 34.2 Å². The van der Waals surface area contributed by atoms with Crippen LogP contribution in [0.25, 0.3) is 0 Å². The Morgan fingerprint density at radius 1 is 1.19 bits per heavy atom. The first kappa shape index (κ1) is 11.9. The van der Waals surface area contributed by atoms with Crippen molar-refractivity contribution >= 4 is 24.6 Å². The van der Waals surface area contributed by atoms with Crippen LogP contribution in [0.5, 0.6) is 0 Å². The first-order valence-corrected chi connectivity index (χ1v) is 10.9. The van der Waals surface area contributed by atoms with Gasteiger partial charge in [0.15, 0.2) is 0 Å². The van der Waals surface area contributed by atoms with Crippen LogP contribution < -0.4 is 0 Å². The highest BCUT2D eigenvalue weighted by Gasteiger charge is 2.18. The van der Waals surface area contributed by atoms with Gasteiger partial charge in [-0.1, -0.05) is 31.8 Å². The van der Waals surface area contributed by atoms with Gasteiger partial charge in [-0.25, -0.2) is 0 Å². The highest BCUT2D eigenvalue weighted by atomic mass is 32.4. The summed E-state index contributed by atoms with van der Waals surface area (Å²) in [5.41, 5.74) is 1.23. The minimum atomic E-state index is -1.06. The summed E-state index contributed by atoms with van der Waals surface area (Å²) >= 11 is 2.04. The van der Waals surface area contributed by atoms with Crippen molar-refractivity contribution in [2.75, 3.05) is 0 Å². The van der Waals surface area contributed by atoms with Crippen LogP contribution >= 0.6 is 11.2 Å². The molecular formula is C13H19NSSi. The van der Waals surface area contributed by atoms with E-state index in [-0.39, 0.29) is 0 Å². The van der Waals surface area contributed by atoms with Crippen molar-refractivity contribution < 1.29 is 0 Å². The van der Waals surface area contributed by atoms with E-state index < -0.39 is 7.22 Å². The van der Waals surface area contributed by atoms with Crippen molar-refractivity contribution in [2.45, 2.75) is 43.4 Å². The van der Waals surface area contributed by atoms with E-state index in [9.17, 15) is 0 Å². The van der Waals surface area contributed by atoms with E-state index in [4.69, 9.17) is 0 Å². The molecule has 0 bridgehead atoms. The molecule has 2 rings (SSSR count). The first-order chi connectivity index (χ1) is 7.53. The quantitative estimate of drug-likeness (QED) is 0.575. The Hall–Kier alpha value is -0.543. The molecule has 0 aromatic heterocycles. The predicted octanol–water partition coefficient (Wildman–Crippen LogP) is 4.19. The molecule has 1 aromatic rings. The molecule has 0 N–H and O–H groups in total. The molecule has 16 heavy (non-hydrogen) atoms. The molecule has 1 aliphatic rings. The molecule has 0 radical (unpaired) electrons. The summed E-state index contributed by atoms with van der Waals surface area (Å²) in [6.07, 6.45) is 4.57. The number of benzene rings is 1. The molecule has 0 spiro atoms. The molecule has 1 saturated carbocycles. The summed E-state index contributed by atoms with van der Waals surface area (Å²) in [6, 6.07) is 9.41. The number of hydrogen-bond donors (Lipinski definition) is 0. The zero-order valence-electron chi connectivity index (χ0n) is 10.2. The van der Waals surface area contributed by atoms with Crippen LogP contribution in [-0.2, 0) is 0 Å². The van der Waals surface area contributed by atoms with Gasteiger partial charge >= 0.3 is 0 Å². The second-order valence-electron chi connectivity index (χ2n) is 5.29. The fourth-order valence-corrected chi connectivity index (χ4v) is 4.90. The normalized spacial score (nSPS) is 16.9. The standard InChI is InChI=1S/C13H19NSSi/c1-16(2,3)15-13-8-4-11(5-9-13)10-14-12-6-7-12/h4-5,8-10,12H,6-7H2,1-3H3. The highest BCUT2D eigenvalue weighted by Crippen LogP contribution is 2.29. The maximum atomic E-state index is 4.49. The van der Waals surface area contributed by atoms with Gasteiger partial charge in [-0.05, 0) is 30.5 Å². The maximum Gasteiger partial charge on any atom is 0.114 e. The lowest BCUT2D eigenvalue weighted by molar-refractivity contribution is 1.08. The summed E-state index contributed by atoms with van der Waals surface area (Å²) in [6.45, 7) is 7.13. The summed E-state index contributed by atoms with van der Waals surface area (Å²) in [5.74, 6) is 0. The lowest BCUT2D eigenvalue weighted by Crippen LogP contribution is -2.13. The summed E-state index contributed by atoms with van der Waals surface area (Å²) in [5, 5.41) is 0. The third-order valence-electron chi connectivity index (χ3n) is 2.29. The molecule has 0 unspecified atom stereocenters. The van der Waals surface area contributed by atoms with E-state index in [0.717, 1.165) is 0 Å². The van der Waals surface area contributed by atoms with Gasteiger partial charge in [-0.15, -0.1) is 0 Å². The largest absolute Gasteiger partial charge is 0.289 e. The van der Waals surface area contributed by atoms with Crippen molar-refractivity contribution in [1.82, 2.24) is 0 Å². The van der Waals surface area contributed by atoms with Crippen molar-refractivity contribution in [3.05, 3.63) is 29.8 Å². The number of rotatable bonds is 4. The van der Waals surface area contributed by atoms with Gasteiger partial charge < -0.3 is 0 Å². The number of nitrogens with zero attached hydrogens (tertiary/aromatic N) is 1. The topological polar surface area (TPSA) is 12.4 Å². The molecule has 0 atom stereocenters. The van der Waals surface area contributed by atoms with Crippen LogP contribution in [0.4, 0.5) is 0 Å². The average Bonchev–Trinajstić information content (AvgIpc) is 2.98. The Morgan fingerprint density at radius 2 is 1.81 bits per heavy atom. The number of aliphatic imine (C=N–C) groups is 1. The first-order valence-electron chi connectivity index (χ1n) is 5.85. The van der Waals surface area contributed by atoms with Gasteiger partial charge in [0.05, 0.1) is 6.04 Å². The molecule has 0 amide bonds. The molecule has 0 heterocycles. The van der Waals surface area contributed by atoms with Crippen molar-refractivity contribution in [2.24, 2.45) is 4.99 Å². The lowest BCUT2D eigenvalue weighted by Gasteiger charge is -2.14. The Balaban J connectivity index is 1.98. The molecule has 86 valence electrons. The summed E-state index contributed by atoms with van der Waals surface area (Å²) in [4.78, 5) is 5.88. The smallest absolute Gasteiger partial charge is 0.114 e. The van der Waals surface area contributed by atoms with Crippen LogP contribution in [0, 0.1) is 0 Å². The Labute approximate surface area is 103 Å². The Bertz CT molecular complexity index is 374. The minimum Gasteiger partial charge on any atom is -0.289 e. The number of hydrogen-bond acceptors (Lipinski definition) is 2. The van der Waals surface area contributed by atoms with Crippen molar-refractivity contribution in [1.29, 1.82) is 0 Å². The molecule has 0 saturated heterocycles. The van der Waals surface area contributed by atoms with E-state index in [1.54, 1.807) is 0 Å². The monoisotopic (exact) mass is 249 g/mol. The molecule has 1 aromatic carbocycles. The molecule has 1 nitrogen and oxygen atoms in total. The van der Waals surface area contributed by atoms with E-state index >= 15 is 0 Å². The molecule has 0 aliphatic heterocycles. The lowest BCUT2D eigenvalue weighted by atomic mass is 10.2. The molecule has 1 aliphatic carbocycles. The van der Waals surface area contributed by atoms with Crippen molar-refractivity contribution in [3.8, 4) is 0 Å². The third kappa shape index (κ3) is 4.14. The van der Waals surface area contributed by atoms with Gasteiger partial charge in [-0.2, -0.15) is 11.2 Å². The summed E-state index contributed by atoms with van der Waals surface area (Å²) < 4.78 is 0. The zero-order chi connectivity index (χ0) is 11.6. The molecule has 3 heteroatoms. The predicted molar refractivity (Wildman–Crippen MR) is 76.3 cm³/mol. The second kappa shape index (κ2) is 4.76. The van der Waals surface area contributed by atoms with Gasteiger partial charge in [-0.3, -0.25) is 4.99 Å². The zero-order valence-corrected chi connectivity index (χ0v) is 12.1. The van der Waals surface area contributed by atoms with Crippen LogP contribution in [0.1, 0.15) is 18.4 Å². The SMILES string of the molecule is C[Si](C)(C)Sc1ccc(C=NC2CC2)cc1. The van der Waals surface area contributed by atoms with Gasteiger partial charge in [0.1, 0.15) is 7.22 Å². The van der Waals surface area contributed by atoms with E-state index in [2.05, 4.69) is 48.9 Å². The van der Waals surface area contributed by atoms with Crippen molar-refractivity contribution in [3.63, 3.8) is 0 Å². The fraction of sp³-hybridized carbons (Fsp3) is 0.462. The van der Waals surface area contributed by atoms with E-state index in [1.807, 2.05) is 17.4 Å². The fourth-order valence-electron chi connectivity index (χ4n) is 1.39. The molecular weight excluding hydrogens is 230 g/mol. The van der Waals surface area contributed by atoms with Gasteiger partial charge in [0, 0.05) is 11.1 Å². The average molecular weight is 249 g/mol. The Morgan fingerprint density at radius 3 is 2.31 bits per heavy atom.